The van der Waals surface area contributed by atoms with E-state index in [1.807, 2.05) is 32.3 Å². The van der Waals surface area contributed by atoms with E-state index in [1.54, 1.807) is 0 Å². The zero-order chi connectivity index (χ0) is 29.4. The van der Waals surface area contributed by atoms with Crippen LogP contribution in [0.5, 0.6) is 5.75 Å². The smallest absolute Gasteiger partial charge is 0.255 e. The number of aromatic hydroxyl groups is 1. The number of rotatable bonds is 4. The Hall–Kier alpha value is -4.21. The number of carbonyl (C=O) groups excluding carboxylic acids is 3. The minimum Gasteiger partial charge on any atom is -0.511 e. The number of nitrogens with two attached hydrogens (primary N) is 1. The number of benzene rings is 1. The monoisotopic (exact) mass is 556 g/mol. The molecule has 6 rings (SSSR count). The average molecular weight is 557 g/mol. The Kier molecular flexibility index (Phi) is 6.20. The number of fused-ring (bicyclic) bond motifs is 4. The second-order valence-electron chi connectivity index (χ2n) is 11.8. The van der Waals surface area contributed by atoms with Crippen molar-refractivity contribution in [3.63, 3.8) is 0 Å². The minimum atomic E-state index is -2.57. The number of hydrogen-bond donors (Lipinski definition) is 5. The number of amides is 1. The molecule has 41 heavy (non-hydrogen) atoms. The molecule has 1 amide bonds. The molecule has 0 heterocycles. The lowest BCUT2D eigenvalue weighted by molar-refractivity contribution is -0.144. The van der Waals surface area contributed by atoms with Gasteiger partial charge < -0.3 is 31.1 Å². The molecule has 0 saturated carbocycles. The van der Waals surface area contributed by atoms with Crippen molar-refractivity contribution in [1.29, 1.82) is 0 Å². The summed E-state index contributed by atoms with van der Waals surface area (Å²) in [5.41, 5.74) is 5.51. The van der Waals surface area contributed by atoms with Crippen LogP contribution in [-0.4, -0.2) is 69.0 Å². The van der Waals surface area contributed by atoms with Gasteiger partial charge in [-0.25, -0.2) is 0 Å². The average Bonchev–Trinajstić information content (AvgIpc) is 2.91. The number of hydrogen-bond acceptors (Lipinski definition) is 8. The number of nitrogens with zero attached hydrogens (tertiary/aromatic N) is 1. The van der Waals surface area contributed by atoms with Gasteiger partial charge in [-0.2, -0.15) is 0 Å². The molecule has 0 spiro atoms. The van der Waals surface area contributed by atoms with Gasteiger partial charge in [0, 0.05) is 36.3 Å². The van der Waals surface area contributed by atoms with Gasteiger partial charge in [-0.3, -0.25) is 14.4 Å². The standard InChI is InChI=1S/C32H32N2O7/c1-34(2)14-15-7-8-20(19-6-4-3-5-18(15)19)21-9-10-23(35)26-22(21)12-16-11-17-13-24(36)27(31(33)40)30(39)32(17,41)29(38)25(16)28(26)37/h3-10,16-19,35-36,38,41H,11-14H2,1-2H3,(H2,33,40)/t16-,17+,18?,19?,32+/m1/s1. The number of ketones is 2. The summed E-state index contributed by atoms with van der Waals surface area (Å²) >= 11 is 0. The first-order valence-corrected chi connectivity index (χ1v) is 13.7. The first kappa shape index (κ1) is 27.0. The molecule has 0 aromatic heterocycles. The molecule has 1 aromatic rings. The van der Waals surface area contributed by atoms with Crippen LogP contribution < -0.4 is 5.73 Å². The lowest BCUT2D eigenvalue weighted by Crippen LogP contribution is -2.57. The van der Waals surface area contributed by atoms with Crippen molar-refractivity contribution in [1.82, 2.24) is 4.90 Å². The predicted molar refractivity (Wildman–Crippen MR) is 151 cm³/mol. The zero-order valence-corrected chi connectivity index (χ0v) is 22.8. The topological polar surface area (TPSA) is 161 Å². The Morgan fingerprint density at radius 1 is 1.05 bits per heavy atom. The highest BCUT2D eigenvalue weighted by atomic mass is 16.3. The van der Waals surface area contributed by atoms with Crippen LogP contribution in [0.4, 0.5) is 0 Å². The number of allylic oxidation sites excluding steroid dienone is 9. The van der Waals surface area contributed by atoms with Crippen LogP contribution in [-0.2, 0) is 16.0 Å². The van der Waals surface area contributed by atoms with E-state index < -0.39 is 52.0 Å². The largest absolute Gasteiger partial charge is 0.511 e. The van der Waals surface area contributed by atoms with E-state index in [0.717, 1.165) is 17.7 Å². The van der Waals surface area contributed by atoms with Gasteiger partial charge in [0.15, 0.2) is 11.4 Å². The number of phenols is 1. The molecule has 6 N–H and O–H groups in total. The van der Waals surface area contributed by atoms with Crippen molar-refractivity contribution in [3.05, 3.63) is 93.5 Å². The van der Waals surface area contributed by atoms with Gasteiger partial charge in [0.1, 0.15) is 22.8 Å². The van der Waals surface area contributed by atoms with Gasteiger partial charge >= 0.3 is 0 Å². The molecule has 212 valence electrons. The molecule has 0 bridgehead atoms. The number of aliphatic hydroxyl groups is 3. The minimum absolute atomic E-state index is 0.0231. The molecular formula is C32H32N2O7. The van der Waals surface area contributed by atoms with Crippen LogP contribution in [0.1, 0.15) is 34.3 Å². The normalized spacial score (nSPS) is 30.4. The Labute approximate surface area is 237 Å². The number of likely N-dealkylation sites (N-methyl/N-ethyl adjacent to an activating group) is 1. The third kappa shape index (κ3) is 3.87. The highest BCUT2D eigenvalue weighted by molar-refractivity contribution is 6.24. The van der Waals surface area contributed by atoms with Gasteiger partial charge in [0.2, 0.25) is 5.78 Å². The molecule has 0 fully saturated rings. The van der Waals surface area contributed by atoms with E-state index in [9.17, 15) is 34.8 Å². The fourth-order valence-corrected chi connectivity index (χ4v) is 7.36. The van der Waals surface area contributed by atoms with Gasteiger partial charge in [0.05, 0.1) is 5.56 Å². The lowest BCUT2D eigenvalue weighted by atomic mass is 9.59. The SMILES string of the molecule is CN(C)CC1=CC=C(c2ccc(O)c3c2C[C@H]2C[C@H]4CC(O)=C(C(N)=O)C(=O)[C@@]4(O)C(O)=C2C3=O)C2C=CC=CC12. The van der Waals surface area contributed by atoms with Crippen molar-refractivity contribution in [3.8, 4) is 5.75 Å². The highest BCUT2D eigenvalue weighted by Gasteiger charge is 2.59. The molecule has 9 heteroatoms. The van der Waals surface area contributed by atoms with Crippen LogP contribution >= 0.6 is 0 Å². The zero-order valence-electron chi connectivity index (χ0n) is 22.8. The van der Waals surface area contributed by atoms with E-state index in [-0.39, 0.29) is 48.0 Å². The van der Waals surface area contributed by atoms with E-state index in [0.29, 0.717) is 5.56 Å². The molecule has 9 nitrogen and oxygen atoms in total. The van der Waals surface area contributed by atoms with E-state index >= 15 is 0 Å². The first-order chi connectivity index (χ1) is 19.4. The predicted octanol–water partition coefficient (Wildman–Crippen LogP) is 2.82. The van der Waals surface area contributed by atoms with Crippen molar-refractivity contribution in [2.45, 2.75) is 24.9 Å². The Morgan fingerprint density at radius 3 is 2.44 bits per heavy atom. The highest BCUT2D eigenvalue weighted by Crippen LogP contribution is 2.53. The number of Topliss-reactive ketones (excluding diaryl/α,β-unsaturated/α-hetero) is 2. The molecule has 0 aliphatic heterocycles. The van der Waals surface area contributed by atoms with E-state index in [1.165, 1.54) is 11.6 Å². The first-order valence-electron chi connectivity index (χ1n) is 13.7. The van der Waals surface area contributed by atoms with Gasteiger partial charge in [-0.1, -0.05) is 42.5 Å². The summed E-state index contributed by atoms with van der Waals surface area (Å²) in [5.74, 6) is -6.17. The Bertz CT molecular complexity index is 1610. The number of carbonyl (C=O) groups is 3. The summed E-state index contributed by atoms with van der Waals surface area (Å²) in [7, 11) is 4.05. The summed E-state index contributed by atoms with van der Waals surface area (Å²) in [5, 5.41) is 44.0. The Balaban J connectivity index is 1.48. The fourth-order valence-electron chi connectivity index (χ4n) is 7.36. The third-order valence-electron chi connectivity index (χ3n) is 9.15. The van der Waals surface area contributed by atoms with Crippen molar-refractivity contribution in [2.24, 2.45) is 29.4 Å². The summed E-state index contributed by atoms with van der Waals surface area (Å²) < 4.78 is 0. The number of phenolic OH excluding ortho intramolecular Hbond substituents is 1. The van der Waals surface area contributed by atoms with Crippen LogP contribution in [0.15, 0.2) is 76.8 Å². The number of aliphatic hydroxyl groups excluding tert-OH is 2. The molecule has 5 atom stereocenters. The maximum Gasteiger partial charge on any atom is 0.255 e. The van der Waals surface area contributed by atoms with Crippen LogP contribution in [0.25, 0.3) is 5.57 Å². The van der Waals surface area contributed by atoms with Crippen LogP contribution in [0.3, 0.4) is 0 Å². The molecule has 0 saturated heterocycles. The van der Waals surface area contributed by atoms with Gasteiger partial charge in [-0.05, 0) is 61.2 Å². The summed E-state index contributed by atoms with van der Waals surface area (Å²) in [4.78, 5) is 41.1. The van der Waals surface area contributed by atoms with E-state index in [2.05, 4.69) is 29.2 Å². The summed E-state index contributed by atoms with van der Waals surface area (Å²) in [6, 6.07) is 3.27. The summed E-state index contributed by atoms with van der Waals surface area (Å²) in [6.07, 6.45) is 12.6. The molecule has 1 aromatic carbocycles. The summed E-state index contributed by atoms with van der Waals surface area (Å²) in [6.45, 7) is 0.798. The maximum absolute atomic E-state index is 14.0. The fraction of sp³-hybridized carbons (Fsp3) is 0.344. The molecule has 0 radical (unpaired) electrons. The molecular weight excluding hydrogens is 524 g/mol. The van der Waals surface area contributed by atoms with Gasteiger partial charge in [0.25, 0.3) is 5.91 Å². The van der Waals surface area contributed by atoms with E-state index in [4.69, 9.17) is 5.73 Å². The molecule has 5 aliphatic rings. The second-order valence-corrected chi connectivity index (χ2v) is 11.8. The molecule has 5 aliphatic carbocycles. The number of primary amides is 1. The van der Waals surface area contributed by atoms with Crippen LogP contribution in [0, 0.1) is 23.7 Å². The molecule has 2 unspecified atom stereocenters. The van der Waals surface area contributed by atoms with Crippen molar-refractivity contribution in [2.75, 3.05) is 20.6 Å². The van der Waals surface area contributed by atoms with Gasteiger partial charge in [-0.15, -0.1) is 0 Å². The van der Waals surface area contributed by atoms with Crippen molar-refractivity contribution < 1.29 is 34.8 Å². The van der Waals surface area contributed by atoms with Crippen molar-refractivity contribution >= 4 is 23.0 Å². The quantitative estimate of drug-likeness (QED) is 0.354. The maximum atomic E-state index is 14.0. The van der Waals surface area contributed by atoms with Crippen LogP contribution in [0.2, 0.25) is 0 Å². The second kappa shape index (κ2) is 9.43. The lowest BCUT2D eigenvalue weighted by Gasteiger charge is -2.46. The Morgan fingerprint density at radius 2 is 1.76 bits per heavy atom. The third-order valence-corrected chi connectivity index (χ3v) is 9.15.